The second-order valence-corrected chi connectivity index (χ2v) is 8.53. The van der Waals surface area contributed by atoms with Gasteiger partial charge in [-0.25, -0.2) is 0 Å². The molecular formula is C28H24N6O6. The molecule has 40 heavy (non-hydrogen) atoms. The van der Waals surface area contributed by atoms with Gasteiger partial charge in [-0.1, -0.05) is 12.1 Å². The third-order valence-electron chi connectivity index (χ3n) is 5.86. The zero-order chi connectivity index (χ0) is 28.8. The highest BCUT2D eigenvalue weighted by molar-refractivity contribution is 6.06. The molecule has 0 atom stereocenters. The molecule has 0 saturated heterocycles. The Hall–Kier alpha value is -5.46. The highest BCUT2D eigenvalue weighted by atomic mass is 16.3. The maximum atomic E-state index is 12.3. The molecule has 0 heterocycles. The van der Waals surface area contributed by atoms with Gasteiger partial charge in [-0.15, -0.1) is 0 Å². The Morgan fingerprint density at radius 3 is 1.20 bits per heavy atom. The van der Waals surface area contributed by atoms with Crippen molar-refractivity contribution in [3.8, 4) is 22.6 Å². The molecule has 0 radical (unpaired) electrons. The van der Waals surface area contributed by atoms with Crippen LogP contribution in [0.1, 0.15) is 31.8 Å². The molecule has 0 aliphatic carbocycles. The molecule has 0 bridgehead atoms. The van der Waals surface area contributed by atoms with E-state index < -0.39 is 11.8 Å². The Balaban J connectivity index is 1.68. The monoisotopic (exact) mass is 540 g/mol. The van der Waals surface area contributed by atoms with Gasteiger partial charge in [0, 0.05) is 22.3 Å². The van der Waals surface area contributed by atoms with Gasteiger partial charge in [0.25, 0.3) is 0 Å². The minimum absolute atomic E-state index is 0.0655. The maximum absolute atomic E-state index is 12.3. The smallest absolute Gasteiger partial charge is 0.249 e. The molecule has 4 aromatic carbocycles. The first-order valence-electron chi connectivity index (χ1n) is 11.8. The number of hydrogen-bond acceptors (Lipinski definition) is 10. The molecule has 4 rings (SSSR count). The third-order valence-corrected chi connectivity index (χ3v) is 5.86. The summed E-state index contributed by atoms with van der Waals surface area (Å²) in [5.41, 5.74) is 13.9. The van der Waals surface area contributed by atoms with Crippen LogP contribution in [0.2, 0.25) is 0 Å². The predicted octanol–water partition coefficient (Wildman–Crippen LogP) is 4.78. The second-order valence-electron chi connectivity index (χ2n) is 8.53. The fourth-order valence-electron chi connectivity index (χ4n) is 3.82. The highest BCUT2D eigenvalue weighted by Crippen LogP contribution is 2.34. The molecule has 202 valence electrons. The van der Waals surface area contributed by atoms with Crippen molar-refractivity contribution in [1.29, 1.82) is 0 Å². The summed E-state index contributed by atoms with van der Waals surface area (Å²) in [4.78, 5) is 24.7. The summed E-state index contributed by atoms with van der Waals surface area (Å²) in [6.07, 6.45) is 0. The number of nitrogens with zero attached hydrogens (tertiary/aromatic N) is 4. The lowest BCUT2D eigenvalue weighted by molar-refractivity contribution is 0.0990. The van der Waals surface area contributed by atoms with Gasteiger partial charge in [0.15, 0.2) is 0 Å². The minimum Gasteiger partial charge on any atom is -0.508 e. The lowest BCUT2D eigenvalue weighted by atomic mass is 9.94. The lowest BCUT2D eigenvalue weighted by Gasteiger charge is -2.12. The molecule has 0 unspecified atom stereocenters. The molecule has 8 N–H and O–H groups in total. The molecule has 0 spiro atoms. The van der Waals surface area contributed by atoms with Gasteiger partial charge in [0.05, 0.1) is 36.0 Å². The van der Waals surface area contributed by atoms with E-state index in [9.17, 15) is 30.0 Å². The van der Waals surface area contributed by atoms with Crippen molar-refractivity contribution in [2.45, 2.75) is 13.2 Å². The zero-order valence-corrected chi connectivity index (χ0v) is 20.9. The van der Waals surface area contributed by atoms with E-state index in [1.165, 1.54) is 48.5 Å². The van der Waals surface area contributed by atoms with Crippen molar-refractivity contribution < 1.29 is 30.0 Å². The number of amides is 2. The molecule has 0 saturated carbocycles. The number of carbonyl (C=O) groups excluding carboxylic acids is 2. The molecule has 0 aliphatic heterocycles. The van der Waals surface area contributed by atoms with Gasteiger partial charge in [0.2, 0.25) is 11.8 Å². The van der Waals surface area contributed by atoms with E-state index in [4.69, 9.17) is 11.5 Å². The van der Waals surface area contributed by atoms with Gasteiger partial charge in [-0.2, -0.15) is 20.5 Å². The first kappa shape index (κ1) is 27.6. The van der Waals surface area contributed by atoms with Gasteiger partial charge in [-0.05, 0) is 71.8 Å². The summed E-state index contributed by atoms with van der Waals surface area (Å²) < 4.78 is 0. The van der Waals surface area contributed by atoms with E-state index in [0.717, 1.165) is 0 Å². The van der Waals surface area contributed by atoms with Crippen LogP contribution in [-0.4, -0.2) is 32.2 Å². The Morgan fingerprint density at radius 2 is 0.875 bits per heavy atom. The Bertz CT molecular complexity index is 1540. The number of aliphatic hydroxyl groups is 2. The largest absolute Gasteiger partial charge is 0.508 e. The summed E-state index contributed by atoms with van der Waals surface area (Å²) in [5, 5.41) is 54.4. The molecule has 12 nitrogen and oxygen atoms in total. The normalized spacial score (nSPS) is 11.3. The number of azo groups is 2. The van der Waals surface area contributed by atoms with Crippen molar-refractivity contribution in [3.63, 3.8) is 0 Å². The van der Waals surface area contributed by atoms with Crippen molar-refractivity contribution in [2.24, 2.45) is 31.9 Å². The Kier molecular flexibility index (Phi) is 8.23. The highest BCUT2D eigenvalue weighted by Gasteiger charge is 2.17. The topological polar surface area (TPSA) is 217 Å². The summed E-state index contributed by atoms with van der Waals surface area (Å²) in [6, 6.07) is 17.8. The third kappa shape index (κ3) is 6.15. The summed E-state index contributed by atoms with van der Waals surface area (Å²) in [7, 11) is 0. The van der Waals surface area contributed by atoms with Crippen LogP contribution in [0.4, 0.5) is 22.7 Å². The number of phenols is 2. The van der Waals surface area contributed by atoms with Crippen LogP contribution >= 0.6 is 0 Å². The summed E-state index contributed by atoms with van der Waals surface area (Å²) in [5.74, 6) is -1.69. The van der Waals surface area contributed by atoms with Crippen LogP contribution in [0.5, 0.6) is 11.5 Å². The fraction of sp³-hybridized carbons (Fsp3) is 0.0714. The SMILES string of the molecule is NC(=O)c1cc(N=Nc2ccc(O)c(CO)c2)ccc1-c1ccc(N=Nc2ccc(O)c(CO)c2)cc1C(N)=O. The number of primary amides is 2. The van der Waals surface area contributed by atoms with Crippen molar-refractivity contribution >= 4 is 34.6 Å². The van der Waals surface area contributed by atoms with E-state index >= 15 is 0 Å². The molecule has 0 aliphatic rings. The summed E-state index contributed by atoms with van der Waals surface area (Å²) >= 11 is 0. The summed E-state index contributed by atoms with van der Waals surface area (Å²) in [6.45, 7) is -0.751. The van der Waals surface area contributed by atoms with Gasteiger partial charge >= 0.3 is 0 Å². The van der Waals surface area contributed by atoms with Crippen LogP contribution < -0.4 is 11.5 Å². The number of nitrogens with two attached hydrogens (primary N) is 2. The number of aromatic hydroxyl groups is 2. The van der Waals surface area contributed by atoms with E-state index in [-0.39, 0.29) is 47.0 Å². The van der Waals surface area contributed by atoms with E-state index in [2.05, 4.69) is 20.5 Å². The van der Waals surface area contributed by atoms with Crippen molar-refractivity contribution in [2.75, 3.05) is 0 Å². The van der Waals surface area contributed by atoms with Crippen LogP contribution in [0.3, 0.4) is 0 Å². The van der Waals surface area contributed by atoms with Crippen LogP contribution in [0.15, 0.2) is 93.3 Å². The second kappa shape index (κ2) is 11.9. The van der Waals surface area contributed by atoms with E-state index in [1.54, 1.807) is 24.3 Å². The first-order valence-corrected chi connectivity index (χ1v) is 11.8. The number of carbonyl (C=O) groups is 2. The number of benzene rings is 4. The maximum Gasteiger partial charge on any atom is 0.249 e. The Labute approximate surface area is 227 Å². The average molecular weight is 541 g/mol. The first-order chi connectivity index (χ1) is 19.2. The van der Waals surface area contributed by atoms with Crippen LogP contribution in [0.25, 0.3) is 11.1 Å². The molecular weight excluding hydrogens is 516 g/mol. The number of aliphatic hydroxyl groups excluding tert-OH is 2. The molecule has 2 amide bonds. The van der Waals surface area contributed by atoms with E-state index in [0.29, 0.717) is 33.9 Å². The number of rotatable bonds is 9. The Morgan fingerprint density at radius 1 is 0.550 bits per heavy atom. The number of hydrogen-bond donors (Lipinski definition) is 6. The van der Waals surface area contributed by atoms with Crippen molar-refractivity contribution in [1.82, 2.24) is 0 Å². The minimum atomic E-state index is -0.773. The quantitative estimate of drug-likeness (QED) is 0.164. The lowest BCUT2D eigenvalue weighted by Crippen LogP contribution is -2.15. The van der Waals surface area contributed by atoms with Crippen molar-refractivity contribution in [3.05, 3.63) is 95.1 Å². The van der Waals surface area contributed by atoms with Crippen LogP contribution in [0, 0.1) is 0 Å². The zero-order valence-electron chi connectivity index (χ0n) is 20.9. The predicted molar refractivity (Wildman–Crippen MR) is 145 cm³/mol. The fourth-order valence-corrected chi connectivity index (χ4v) is 3.82. The standard InChI is InChI=1S/C28H24N6O6/c29-27(39)23-11-19(33-31-17-3-7-25(37)15(9-17)13-35)1-5-21(23)22-6-2-20(12-24(22)28(30)40)34-32-18-4-8-26(38)16(10-18)14-36/h1-12,35-38H,13-14H2,(H2,29,39)(H2,30,40). The molecule has 0 fully saturated rings. The van der Waals surface area contributed by atoms with Gasteiger partial charge in [-0.3, -0.25) is 9.59 Å². The van der Waals surface area contributed by atoms with Crippen LogP contribution in [-0.2, 0) is 13.2 Å². The van der Waals surface area contributed by atoms with Gasteiger partial charge < -0.3 is 31.9 Å². The molecule has 0 aromatic heterocycles. The van der Waals surface area contributed by atoms with E-state index in [1.807, 2.05) is 0 Å². The average Bonchev–Trinajstić information content (AvgIpc) is 2.96. The van der Waals surface area contributed by atoms with Gasteiger partial charge in [0.1, 0.15) is 11.5 Å². The molecule has 4 aromatic rings. The molecule has 12 heteroatoms.